The molecule has 7 nitrogen and oxygen atoms in total. The predicted molar refractivity (Wildman–Crippen MR) is 76.4 cm³/mol. The molecular weight excluding hydrogens is 254 g/mol. The Morgan fingerprint density at radius 3 is 2.70 bits per heavy atom. The van der Waals surface area contributed by atoms with E-state index in [1.54, 1.807) is 23.3 Å². The van der Waals surface area contributed by atoms with Crippen LogP contribution in [0.2, 0.25) is 0 Å². The van der Waals surface area contributed by atoms with Crippen molar-refractivity contribution in [1.82, 2.24) is 24.5 Å². The van der Waals surface area contributed by atoms with Gasteiger partial charge >= 0.3 is 0 Å². The van der Waals surface area contributed by atoms with E-state index < -0.39 is 0 Å². The van der Waals surface area contributed by atoms with Gasteiger partial charge in [-0.15, -0.1) is 0 Å². The molecule has 0 unspecified atom stereocenters. The lowest BCUT2D eigenvalue weighted by Gasteiger charge is -2.26. The molecule has 7 heteroatoms. The summed E-state index contributed by atoms with van der Waals surface area (Å²) in [6.45, 7) is 2.30. The smallest absolute Gasteiger partial charge is 0.241 e. The normalized spacial score (nSPS) is 22.6. The number of nitrogens with zero attached hydrogens (tertiary/aromatic N) is 5. The standard InChI is InChI=1S/C13H19N7/c1-9-2-4-10(5-3-9)16-12-17-11(14)18-13(19-12)20-7-6-15-8-20/h6-10H,2-5H2,1H3,(H3,14,16,17,18,19). The van der Waals surface area contributed by atoms with E-state index >= 15 is 0 Å². The van der Waals surface area contributed by atoms with Crippen molar-refractivity contribution in [2.24, 2.45) is 5.92 Å². The van der Waals surface area contributed by atoms with Gasteiger partial charge in [-0.3, -0.25) is 4.57 Å². The molecule has 2 heterocycles. The lowest BCUT2D eigenvalue weighted by atomic mass is 9.87. The maximum absolute atomic E-state index is 5.76. The molecule has 106 valence electrons. The zero-order valence-electron chi connectivity index (χ0n) is 11.5. The number of imidazole rings is 1. The number of rotatable bonds is 3. The van der Waals surface area contributed by atoms with Crippen LogP contribution in [0, 0.1) is 5.92 Å². The van der Waals surface area contributed by atoms with Gasteiger partial charge in [0.2, 0.25) is 17.8 Å². The Bertz CT molecular complexity index is 558. The first kappa shape index (κ1) is 12.8. The fraction of sp³-hybridized carbons (Fsp3) is 0.538. The van der Waals surface area contributed by atoms with Crippen LogP contribution in [0.5, 0.6) is 0 Å². The highest BCUT2D eigenvalue weighted by molar-refractivity contribution is 5.36. The second kappa shape index (κ2) is 5.44. The summed E-state index contributed by atoms with van der Waals surface area (Å²) in [6.07, 6.45) is 9.87. The number of nitrogens with two attached hydrogens (primary N) is 1. The third-order valence-electron chi connectivity index (χ3n) is 3.73. The van der Waals surface area contributed by atoms with Crippen LogP contribution < -0.4 is 11.1 Å². The molecule has 1 fully saturated rings. The molecule has 0 bridgehead atoms. The fourth-order valence-corrected chi connectivity index (χ4v) is 2.53. The van der Waals surface area contributed by atoms with Crippen molar-refractivity contribution in [2.75, 3.05) is 11.1 Å². The summed E-state index contributed by atoms with van der Waals surface area (Å²) >= 11 is 0. The van der Waals surface area contributed by atoms with Crippen molar-refractivity contribution in [3.8, 4) is 5.95 Å². The van der Waals surface area contributed by atoms with Gasteiger partial charge in [0.25, 0.3) is 0 Å². The van der Waals surface area contributed by atoms with Gasteiger partial charge in [-0.25, -0.2) is 4.98 Å². The first-order chi connectivity index (χ1) is 9.70. The van der Waals surface area contributed by atoms with Crippen molar-refractivity contribution >= 4 is 11.9 Å². The maximum Gasteiger partial charge on any atom is 0.241 e. The molecule has 0 aliphatic heterocycles. The quantitative estimate of drug-likeness (QED) is 0.882. The average Bonchev–Trinajstić information content (AvgIpc) is 2.95. The molecular formula is C13H19N7. The van der Waals surface area contributed by atoms with Gasteiger partial charge in [0.05, 0.1) is 0 Å². The van der Waals surface area contributed by atoms with Crippen LogP contribution in [0.1, 0.15) is 32.6 Å². The van der Waals surface area contributed by atoms with E-state index in [0.717, 1.165) is 18.8 Å². The van der Waals surface area contributed by atoms with E-state index in [0.29, 0.717) is 17.9 Å². The minimum atomic E-state index is 0.218. The molecule has 3 N–H and O–H groups in total. The van der Waals surface area contributed by atoms with E-state index in [-0.39, 0.29) is 5.95 Å². The Balaban J connectivity index is 1.76. The minimum Gasteiger partial charge on any atom is -0.368 e. The van der Waals surface area contributed by atoms with Gasteiger partial charge in [-0.1, -0.05) is 6.92 Å². The molecule has 0 aromatic carbocycles. The summed E-state index contributed by atoms with van der Waals surface area (Å²) < 4.78 is 1.71. The Kier molecular flexibility index (Phi) is 3.49. The van der Waals surface area contributed by atoms with Gasteiger partial charge in [-0.2, -0.15) is 15.0 Å². The molecule has 20 heavy (non-hydrogen) atoms. The highest BCUT2D eigenvalue weighted by Crippen LogP contribution is 2.25. The van der Waals surface area contributed by atoms with Crippen LogP contribution in [0.25, 0.3) is 5.95 Å². The molecule has 3 rings (SSSR count). The Morgan fingerprint density at radius 1 is 1.20 bits per heavy atom. The molecule has 0 saturated heterocycles. The summed E-state index contributed by atoms with van der Waals surface area (Å²) in [5.41, 5.74) is 5.76. The second-order valence-electron chi connectivity index (χ2n) is 5.39. The third-order valence-corrected chi connectivity index (χ3v) is 3.73. The summed E-state index contributed by atoms with van der Waals surface area (Å²) in [7, 11) is 0. The summed E-state index contributed by atoms with van der Waals surface area (Å²) in [4.78, 5) is 16.7. The minimum absolute atomic E-state index is 0.218. The van der Waals surface area contributed by atoms with Gasteiger partial charge in [0.15, 0.2) is 0 Å². The van der Waals surface area contributed by atoms with Crippen molar-refractivity contribution in [1.29, 1.82) is 0 Å². The zero-order valence-corrected chi connectivity index (χ0v) is 11.5. The van der Waals surface area contributed by atoms with Crippen LogP contribution in [0.4, 0.5) is 11.9 Å². The molecule has 1 aliphatic rings. The van der Waals surface area contributed by atoms with Crippen LogP contribution in [-0.4, -0.2) is 30.5 Å². The molecule has 0 atom stereocenters. The topological polar surface area (TPSA) is 94.5 Å². The summed E-state index contributed by atoms with van der Waals surface area (Å²) in [6, 6.07) is 0.420. The van der Waals surface area contributed by atoms with Crippen molar-refractivity contribution in [3.63, 3.8) is 0 Å². The van der Waals surface area contributed by atoms with Gasteiger partial charge < -0.3 is 11.1 Å². The number of hydrogen-bond donors (Lipinski definition) is 2. The molecule has 0 radical (unpaired) electrons. The van der Waals surface area contributed by atoms with Gasteiger partial charge in [0.1, 0.15) is 6.33 Å². The Labute approximate surface area is 117 Å². The van der Waals surface area contributed by atoms with E-state index in [9.17, 15) is 0 Å². The van der Waals surface area contributed by atoms with Crippen molar-refractivity contribution in [2.45, 2.75) is 38.6 Å². The number of aromatic nitrogens is 5. The zero-order chi connectivity index (χ0) is 13.9. The van der Waals surface area contributed by atoms with Crippen LogP contribution in [0.3, 0.4) is 0 Å². The summed E-state index contributed by atoms with van der Waals surface area (Å²) in [5.74, 6) is 2.07. The van der Waals surface area contributed by atoms with Crippen molar-refractivity contribution in [3.05, 3.63) is 18.7 Å². The summed E-state index contributed by atoms with van der Waals surface area (Å²) in [5, 5.41) is 3.37. The SMILES string of the molecule is CC1CCC(Nc2nc(N)nc(-n3ccnc3)n2)CC1. The van der Waals surface area contributed by atoms with E-state index in [4.69, 9.17) is 5.73 Å². The number of hydrogen-bond acceptors (Lipinski definition) is 6. The highest BCUT2D eigenvalue weighted by Gasteiger charge is 2.19. The molecule has 2 aromatic heterocycles. The predicted octanol–water partition coefficient (Wildman–Crippen LogP) is 1.63. The van der Waals surface area contributed by atoms with Crippen LogP contribution >= 0.6 is 0 Å². The van der Waals surface area contributed by atoms with E-state index in [1.807, 2.05) is 0 Å². The molecule has 1 aliphatic carbocycles. The van der Waals surface area contributed by atoms with E-state index in [2.05, 4.69) is 32.2 Å². The lowest BCUT2D eigenvalue weighted by molar-refractivity contribution is 0.360. The largest absolute Gasteiger partial charge is 0.368 e. The number of anilines is 2. The Hall–Kier alpha value is -2.18. The first-order valence-corrected chi connectivity index (χ1v) is 6.97. The average molecular weight is 273 g/mol. The number of nitrogen functional groups attached to an aromatic ring is 1. The van der Waals surface area contributed by atoms with Crippen molar-refractivity contribution < 1.29 is 0 Å². The molecule has 2 aromatic rings. The lowest BCUT2D eigenvalue weighted by Crippen LogP contribution is -2.26. The molecule has 1 saturated carbocycles. The third kappa shape index (κ3) is 2.87. The number of nitrogens with one attached hydrogen (secondary N) is 1. The van der Waals surface area contributed by atoms with Gasteiger partial charge in [-0.05, 0) is 31.6 Å². The monoisotopic (exact) mass is 273 g/mol. The van der Waals surface area contributed by atoms with Gasteiger partial charge in [0, 0.05) is 18.4 Å². The van der Waals surface area contributed by atoms with Crippen LogP contribution in [-0.2, 0) is 0 Å². The molecule has 0 amide bonds. The van der Waals surface area contributed by atoms with E-state index in [1.165, 1.54) is 12.8 Å². The highest BCUT2D eigenvalue weighted by atomic mass is 15.3. The maximum atomic E-state index is 5.76. The molecule has 0 spiro atoms. The fourth-order valence-electron chi connectivity index (χ4n) is 2.53. The second-order valence-corrected chi connectivity index (χ2v) is 5.39. The first-order valence-electron chi connectivity index (χ1n) is 6.97. The Morgan fingerprint density at radius 2 is 2.00 bits per heavy atom. The van der Waals surface area contributed by atoms with Crippen LogP contribution in [0.15, 0.2) is 18.7 Å².